The van der Waals surface area contributed by atoms with Crippen LogP contribution in [-0.4, -0.2) is 17.7 Å². The third-order valence-electron chi connectivity index (χ3n) is 11.7. The number of hydrogen-bond acceptors (Lipinski definition) is 4. The van der Waals surface area contributed by atoms with Gasteiger partial charge in [-0.15, -0.1) is 0 Å². The van der Waals surface area contributed by atoms with Gasteiger partial charge in [0.05, 0.1) is 11.7 Å². The molecule has 57 heavy (non-hydrogen) atoms. The van der Waals surface area contributed by atoms with Gasteiger partial charge < -0.3 is 10.2 Å². The number of rotatable bonds is 6. The Morgan fingerprint density at radius 3 is 2.05 bits per heavy atom. The van der Waals surface area contributed by atoms with E-state index in [0.29, 0.717) is 5.84 Å². The highest BCUT2D eigenvalue weighted by Crippen LogP contribution is 2.55. The third-order valence-corrected chi connectivity index (χ3v) is 11.7. The molecule has 2 aliphatic heterocycles. The fourth-order valence-corrected chi connectivity index (χ4v) is 9.03. The molecule has 0 amide bonds. The molecule has 7 aromatic carbocycles. The van der Waals surface area contributed by atoms with Crippen LogP contribution in [-0.2, 0) is 0 Å². The van der Waals surface area contributed by atoms with Crippen LogP contribution in [0.1, 0.15) is 34.0 Å². The highest BCUT2D eigenvalue weighted by Gasteiger charge is 2.42. The summed E-state index contributed by atoms with van der Waals surface area (Å²) in [5.41, 5.74) is 14.3. The number of aliphatic imine (C=N–C) groups is 2. The van der Waals surface area contributed by atoms with E-state index in [1.807, 2.05) is 6.07 Å². The molecular weight excluding hydrogens is 693 g/mol. The lowest BCUT2D eigenvalue weighted by atomic mass is 9.69. The summed E-state index contributed by atoms with van der Waals surface area (Å²) in [7, 11) is 0. The summed E-state index contributed by atoms with van der Waals surface area (Å²) in [6.07, 6.45) is 11.3. The normalized spacial score (nSPS) is 19.3. The Labute approximate surface area is 332 Å². The van der Waals surface area contributed by atoms with E-state index in [9.17, 15) is 0 Å². The van der Waals surface area contributed by atoms with Crippen LogP contribution < -0.4 is 10.2 Å². The molecule has 4 heteroatoms. The molecule has 4 aliphatic rings. The number of nitrogens with one attached hydrogen (secondary N) is 1. The van der Waals surface area contributed by atoms with E-state index in [1.165, 1.54) is 55.6 Å². The molecule has 0 spiro atoms. The molecule has 270 valence electrons. The molecule has 11 rings (SSSR count). The molecule has 3 unspecified atom stereocenters. The van der Waals surface area contributed by atoms with Crippen molar-refractivity contribution in [3.8, 4) is 11.1 Å². The minimum absolute atomic E-state index is 0.0948. The van der Waals surface area contributed by atoms with Crippen molar-refractivity contribution in [1.29, 1.82) is 0 Å². The Hall–Kier alpha value is -7.30. The zero-order valence-corrected chi connectivity index (χ0v) is 31.2. The van der Waals surface area contributed by atoms with Crippen molar-refractivity contribution in [2.75, 3.05) is 4.90 Å². The van der Waals surface area contributed by atoms with Crippen LogP contribution in [0.25, 0.3) is 33.0 Å². The molecule has 0 fully saturated rings. The van der Waals surface area contributed by atoms with E-state index in [4.69, 9.17) is 9.98 Å². The van der Waals surface area contributed by atoms with Crippen molar-refractivity contribution >= 4 is 45.0 Å². The number of nitrogens with zero attached hydrogens (tertiary/aromatic N) is 3. The number of anilines is 2. The molecule has 0 radical (unpaired) electrons. The van der Waals surface area contributed by atoms with Gasteiger partial charge in [-0.3, -0.25) is 0 Å². The van der Waals surface area contributed by atoms with E-state index in [-0.39, 0.29) is 18.1 Å². The maximum atomic E-state index is 5.29. The lowest BCUT2D eigenvalue weighted by molar-refractivity contribution is 0.642. The zero-order valence-electron chi connectivity index (χ0n) is 31.2. The topological polar surface area (TPSA) is 40.0 Å². The Bertz CT molecular complexity index is 2880. The van der Waals surface area contributed by atoms with Crippen LogP contribution in [0.15, 0.2) is 222 Å². The fraction of sp³-hybridized carbons (Fsp3) is 0.0566. The van der Waals surface area contributed by atoms with E-state index in [2.05, 4.69) is 210 Å². The Morgan fingerprint density at radius 2 is 1.23 bits per heavy atom. The number of fused-ring (bicyclic) bond motifs is 3. The van der Waals surface area contributed by atoms with Crippen molar-refractivity contribution in [2.45, 2.75) is 12.2 Å². The molecule has 4 nitrogen and oxygen atoms in total. The lowest BCUT2D eigenvalue weighted by Gasteiger charge is -2.48. The second-order valence-electron chi connectivity index (χ2n) is 15.0. The standard InChI is InChI=1S/C53H38N4/c1-4-16-36(17-5-1)43-31-32-48-49-45(43)26-14-27-46(49)47-28-13-25-44(50(47)57(48)42-23-8-3-9-24-42)39-21-12-22-40(34-39)52-54-51(37-18-6-2-7-19-37)55-53(56-52)41-30-29-35-15-10-11-20-38(35)33-41/h1-34,48-49,53H,(H,54,55,56). The first-order valence-electron chi connectivity index (χ1n) is 19.7. The van der Waals surface area contributed by atoms with Crippen LogP contribution in [0.4, 0.5) is 11.4 Å². The van der Waals surface area contributed by atoms with E-state index in [0.717, 1.165) is 28.1 Å². The highest BCUT2D eigenvalue weighted by molar-refractivity contribution is 6.13. The summed E-state index contributed by atoms with van der Waals surface area (Å²) in [4.78, 5) is 13.0. The zero-order chi connectivity index (χ0) is 37.7. The number of benzene rings is 7. The van der Waals surface area contributed by atoms with Gasteiger partial charge in [0, 0.05) is 33.9 Å². The molecule has 3 atom stereocenters. The predicted molar refractivity (Wildman–Crippen MR) is 237 cm³/mol. The quantitative estimate of drug-likeness (QED) is 0.185. The first kappa shape index (κ1) is 33.1. The largest absolute Gasteiger partial charge is 0.344 e. The summed E-state index contributed by atoms with van der Waals surface area (Å²) >= 11 is 0. The number of allylic oxidation sites excluding steroid dienone is 5. The van der Waals surface area contributed by atoms with Gasteiger partial charge in [-0.1, -0.05) is 182 Å². The molecule has 2 aliphatic carbocycles. The van der Waals surface area contributed by atoms with Gasteiger partial charge in [-0.25, -0.2) is 9.98 Å². The summed E-state index contributed by atoms with van der Waals surface area (Å²) in [5, 5.41) is 6.05. The van der Waals surface area contributed by atoms with Gasteiger partial charge in [-0.05, 0) is 68.4 Å². The molecular formula is C53H38N4. The van der Waals surface area contributed by atoms with Crippen molar-refractivity contribution in [1.82, 2.24) is 5.32 Å². The van der Waals surface area contributed by atoms with Crippen molar-refractivity contribution < 1.29 is 0 Å². The molecule has 0 saturated carbocycles. The SMILES string of the molecule is C1=CC2=C(c3ccccc3)C=CC3C2C(=C1)c1cccc(-c2cccc(C4=NC(c5ccc6ccccc6c5)NC(c5ccccc5)=N4)c2)c1N3c1ccccc1. The summed E-state index contributed by atoms with van der Waals surface area (Å²) in [6.45, 7) is 0. The van der Waals surface area contributed by atoms with Crippen molar-refractivity contribution in [2.24, 2.45) is 15.9 Å². The van der Waals surface area contributed by atoms with Gasteiger partial charge in [0.15, 0.2) is 5.84 Å². The van der Waals surface area contributed by atoms with Crippen LogP contribution in [0.2, 0.25) is 0 Å². The summed E-state index contributed by atoms with van der Waals surface area (Å²) in [6, 6.07) is 62.7. The lowest BCUT2D eigenvalue weighted by Crippen LogP contribution is -2.43. The van der Waals surface area contributed by atoms with Crippen LogP contribution in [0.3, 0.4) is 0 Å². The van der Waals surface area contributed by atoms with E-state index in [1.54, 1.807) is 0 Å². The van der Waals surface area contributed by atoms with Gasteiger partial charge in [0.1, 0.15) is 12.0 Å². The first-order chi connectivity index (χ1) is 28.3. The summed E-state index contributed by atoms with van der Waals surface area (Å²) < 4.78 is 0. The van der Waals surface area contributed by atoms with Gasteiger partial charge in [-0.2, -0.15) is 0 Å². The molecule has 0 aromatic heterocycles. The second kappa shape index (κ2) is 13.8. The first-order valence-corrected chi connectivity index (χ1v) is 19.7. The number of hydrogen-bond donors (Lipinski definition) is 1. The van der Waals surface area contributed by atoms with Crippen molar-refractivity contribution in [3.63, 3.8) is 0 Å². The minimum Gasteiger partial charge on any atom is -0.344 e. The van der Waals surface area contributed by atoms with Gasteiger partial charge in [0.2, 0.25) is 0 Å². The average molecular weight is 731 g/mol. The van der Waals surface area contributed by atoms with Crippen LogP contribution in [0.5, 0.6) is 0 Å². The number of para-hydroxylation sites is 2. The maximum Gasteiger partial charge on any atom is 0.159 e. The maximum absolute atomic E-state index is 5.29. The van der Waals surface area contributed by atoms with E-state index >= 15 is 0 Å². The molecule has 0 saturated heterocycles. The Balaban J connectivity index is 1.06. The highest BCUT2D eigenvalue weighted by atomic mass is 15.2. The number of amidine groups is 2. The molecule has 7 aromatic rings. The monoisotopic (exact) mass is 730 g/mol. The van der Waals surface area contributed by atoms with Gasteiger partial charge >= 0.3 is 0 Å². The Morgan fingerprint density at radius 1 is 0.544 bits per heavy atom. The molecule has 2 heterocycles. The van der Waals surface area contributed by atoms with E-state index < -0.39 is 0 Å². The van der Waals surface area contributed by atoms with Gasteiger partial charge in [0.25, 0.3) is 0 Å². The Kier molecular flexibility index (Phi) is 7.99. The fourth-order valence-electron chi connectivity index (χ4n) is 9.03. The van der Waals surface area contributed by atoms with Crippen LogP contribution in [0, 0.1) is 5.92 Å². The predicted octanol–water partition coefficient (Wildman–Crippen LogP) is 12.1. The smallest absolute Gasteiger partial charge is 0.159 e. The third kappa shape index (κ3) is 5.77. The average Bonchev–Trinajstić information content (AvgIpc) is 3.29. The summed E-state index contributed by atoms with van der Waals surface area (Å²) in [5.74, 6) is 1.70. The van der Waals surface area contributed by atoms with Crippen molar-refractivity contribution in [3.05, 3.63) is 240 Å². The second-order valence-corrected chi connectivity index (χ2v) is 15.0. The van der Waals surface area contributed by atoms with Crippen LogP contribution >= 0.6 is 0 Å². The molecule has 1 N–H and O–H groups in total. The minimum atomic E-state index is -0.302. The molecule has 0 bridgehead atoms.